The lowest BCUT2D eigenvalue weighted by molar-refractivity contribution is 0.0736. The molecule has 1 amide bonds. The Morgan fingerprint density at radius 1 is 1.56 bits per heavy atom. The number of anilines is 1. The molecule has 0 radical (unpaired) electrons. The summed E-state index contributed by atoms with van der Waals surface area (Å²) in [5.74, 6) is 0.723. The summed E-state index contributed by atoms with van der Waals surface area (Å²) in [5.41, 5.74) is 6.90. The quantitative estimate of drug-likeness (QED) is 0.836. The standard InChI is InChI=1S/C13H22N4O/c1-3-7-16(9-10-5-6-10)13(18)12-11(14)8-15-17(12)4-2/h8,10H,3-7,9,14H2,1-2H3. The van der Waals surface area contributed by atoms with Crippen molar-refractivity contribution in [1.29, 1.82) is 0 Å². The van der Waals surface area contributed by atoms with Crippen LogP contribution < -0.4 is 5.73 Å². The van der Waals surface area contributed by atoms with E-state index in [-0.39, 0.29) is 5.91 Å². The van der Waals surface area contributed by atoms with Crippen molar-refractivity contribution < 1.29 is 4.79 Å². The molecule has 1 aliphatic rings. The van der Waals surface area contributed by atoms with E-state index < -0.39 is 0 Å². The van der Waals surface area contributed by atoms with Crippen molar-refractivity contribution in [2.24, 2.45) is 5.92 Å². The lowest BCUT2D eigenvalue weighted by atomic mass is 10.2. The maximum atomic E-state index is 12.5. The van der Waals surface area contributed by atoms with Crippen LogP contribution in [0.5, 0.6) is 0 Å². The Kier molecular flexibility index (Phi) is 3.89. The molecule has 1 heterocycles. The first-order chi connectivity index (χ1) is 8.67. The maximum absolute atomic E-state index is 12.5. The molecule has 1 saturated carbocycles. The summed E-state index contributed by atoms with van der Waals surface area (Å²) in [4.78, 5) is 14.5. The Balaban J connectivity index is 2.17. The zero-order chi connectivity index (χ0) is 13.1. The van der Waals surface area contributed by atoms with Gasteiger partial charge in [-0.15, -0.1) is 0 Å². The SMILES string of the molecule is CCCN(CC1CC1)C(=O)c1c(N)cnn1CC. The van der Waals surface area contributed by atoms with Crippen LogP contribution in [0.2, 0.25) is 0 Å². The molecule has 1 fully saturated rings. The van der Waals surface area contributed by atoms with Crippen LogP contribution in [0.15, 0.2) is 6.20 Å². The van der Waals surface area contributed by atoms with Gasteiger partial charge in [-0.1, -0.05) is 6.92 Å². The van der Waals surface area contributed by atoms with Crippen LogP contribution in [-0.2, 0) is 6.54 Å². The number of hydrogen-bond donors (Lipinski definition) is 1. The highest BCUT2D eigenvalue weighted by molar-refractivity contribution is 5.97. The number of aromatic nitrogens is 2. The Morgan fingerprint density at radius 2 is 2.28 bits per heavy atom. The number of nitrogens with zero attached hydrogens (tertiary/aromatic N) is 3. The van der Waals surface area contributed by atoms with Crippen LogP contribution >= 0.6 is 0 Å². The van der Waals surface area contributed by atoms with Crippen LogP contribution in [0.1, 0.15) is 43.6 Å². The average Bonchev–Trinajstić information content (AvgIpc) is 3.09. The highest BCUT2D eigenvalue weighted by Crippen LogP contribution is 2.30. The zero-order valence-electron chi connectivity index (χ0n) is 11.2. The summed E-state index contributed by atoms with van der Waals surface area (Å²) >= 11 is 0. The number of carbonyl (C=O) groups excluding carboxylic acids is 1. The molecule has 2 N–H and O–H groups in total. The molecule has 0 aromatic carbocycles. The van der Waals surface area contributed by atoms with E-state index in [4.69, 9.17) is 5.73 Å². The largest absolute Gasteiger partial charge is 0.396 e. The summed E-state index contributed by atoms with van der Waals surface area (Å²) in [6.45, 7) is 6.38. The molecule has 100 valence electrons. The van der Waals surface area contributed by atoms with E-state index in [2.05, 4.69) is 12.0 Å². The molecule has 0 aliphatic heterocycles. The Labute approximate surface area is 108 Å². The summed E-state index contributed by atoms with van der Waals surface area (Å²) in [5, 5.41) is 4.14. The number of carbonyl (C=O) groups is 1. The van der Waals surface area contributed by atoms with Gasteiger partial charge in [0.2, 0.25) is 0 Å². The third-order valence-electron chi connectivity index (χ3n) is 3.33. The predicted molar refractivity (Wildman–Crippen MR) is 71.2 cm³/mol. The van der Waals surface area contributed by atoms with Gasteiger partial charge in [0.25, 0.3) is 5.91 Å². The molecule has 1 aliphatic carbocycles. The number of nitrogen functional groups attached to an aromatic ring is 1. The lowest BCUT2D eigenvalue weighted by Gasteiger charge is -2.22. The van der Waals surface area contributed by atoms with Crippen molar-refractivity contribution in [3.63, 3.8) is 0 Å². The summed E-state index contributed by atoms with van der Waals surface area (Å²) in [6, 6.07) is 0. The van der Waals surface area contributed by atoms with Gasteiger partial charge in [-0.2, -0.15) is 5.10 Å². The minimum absolute atomic E-state index is 0.0283. The van der Waals surface area contributed by atoms with Crippen molar-refractivity contribution in [3.05, 3.63) is 11.9 Å². The first-order valence-corrected chi connectivity index (χ1v) is 6.77. The van der Waals surface area contributed by atoms with E-state index in [0.29, 0.717) is 23.8 Å². The lowest BCUT2D eigenvalue weighted by Crippen LogP contribution is -2.35. The van der Waals surface area contributed by atoms with E-state index in [0.717, 1.165) is 19.5 Å². The van der Waals surface area contributed by atoms with E-state index in [1.807, 2.05) is 11.8 Å². The molecule has 5 nitrogen and oxygen atoms in total. The molecule has 1 aromatic heterocycles. The number of rotatable bonds is 6. The van der Waals surface area contributed by atoms with Crippen molar-refractivity contribution in [2.45, 2.75) is 39.7 Å². The highest BCUT2D eigenvalue weighted by Gasteiger charge is 2.29. The minimum Gasteiger partial charge on any atom is -0.396 e. The predicted octanol–water partition coefficient (Wildman–Crippen LogP) is 1.75. The second-order valence-corrected chi connectivity index (χ2v) is 4.96. The summed E-state index contributed by atoms with van der Waals surface area (Å²) in [6.07, 6.45) is 5.03. The topological polar surface area (TPSA) is 64.2 Å². The summed E-state index contributed by atoms with van der Waals surface area (Å²) < 4.78 is 1.69. The Bertz CT molecular complexity index is 423. The smallest absolute Gasteiger partial charge is 0.274 e. The van der Waals surface area contributed by atoms with Gasteiger partial charge in [-0.05, 0) is 32.1 Å². The molecular weight excluding hydrogens is 228 g/mol. The van der Waals surface area contributed by atoms with Gasteiger partial charge in [-0.3, -0.25) is 9.48 Å². The van der Waals surface area contributed by atoms with Gasteiger partial charge in [-0.25, -0.2) is 0 Å². The van der Waals surface area contributed by atoms with Gasteiger partial charge in [0.15, 0.2) is 0 Å². The maximum Gasteiger partial charge on any atom is 0.274 e. The molecule has 2 rings (SSSR count). The number of amides is 1. The fourth-order valence-corrected chi connectivity index (χ4v) is 2.18. The molecule has 0 spiro atoms. The number of aryl methyl sites for hydroxylation is 1. The van der Waals surface area contributed by atoms with Crippen molar-refractivity contribution in [3.8, 4) is 0 Å². The normalized spacial score (nSPS) is 14.8. The third-order valence-corrected chi connectivity index (χ3v) is 3.33. The van der Waals surface area contributed by atoms with E-state index in [1.54, 1.807) is 10.9 Å². The van der Waals surface area contributed by atoms with E-state index >= 15 is 0 Å². The average molecular weight is 250 g/mol. The van der Waals surface area contributed by atoms with Gasteiger partial charge < -0.3 is 10.6 Å². The van der Waals surface area contributed by atoms with Crippen molar-refractivity contribution in [1.82, 2.24) is 14.7 Å². The monoisotopic (exact) mass is 250 g/mol. The van der Waals surface area contributed by atoms with Gasteiger partial charge in [0.1, 0.15) is 5.69 Å². The Morgan fingerprint density at radius 3 is 2.83 bits per heavy atom. The molecular formula is C13H22N4O. The van der Waals surface area contributed by atoms with E-state index in [9.17, 15) is 4.79 Å². The fourth-order valence-electron chi connectivity index (χ4n) is 2.18. The molecule has 0 bridgehead atoms. The van der Waals surface area contributed by atoms with Crippen LogP contribution in [0.25, 0.3) is 0 Å². The Hall–Kier alpha value is -1.52. The molecule has 0 saturated heterocycles. The van der Waals surface area contributed by atoms with Gasteiger partial charge in [0.05, 0.1) is 11.9 Å². The molecule has 18 heavy (non-hydrogen) atoms. The van der Waals surface area contributed by atoms with Crippen LogP contribution in [0, 0.1) is 5.92 Å². The second-order valence-electron chi connectivity index (χ2n) is 4.96. The van der Waals surface area contributed by atoms with Gasteiger partial charge in [0, 0.05) is 19.6 Å². The number of hydrogen-bond acceptors (Lipinski definition) is 3. The molecule has 0 atom stereocenters. The van der Waals surface area contributed by atoms with Crippen molar-refractivity contribution >= 4 is 11.6 Å². The molecule has 5 heteroatoms. The fraction of sp³-hybridized carbons (Fsp3) is 0.692. The van der Waals surface area contributed by atoms with Crippen LogP contribution in [0.3, 0.4) is 0 Å². The van der Waals surface area contributed by atoms with Crippen LogP contribution in [-0.4, -0.2) is 33.7 Å². The zero-order valence-corrected chi connectivity index (χ0v) is 11.2. The molecule has 0 unspecified atom stereocenters. The van der Waals surface area contributed by atoms with Crippen molar-refractivity contribution in [2.75, 3.05) is 18.8 Å². The first kappa shape index (κ1) is 12.9. The highest BCUT2D eigenvalue weighted by atomic mass is 16.2. The van der Waals surface area contributed by atoms with Gasteiger partial charge >= 0.3 is 0 Å². The second kappa shape index (κ2) is 5.42. The first-order valence-electron chi connectivity index (χ1n) is 6.77. The molecule has 1 aromatic rings. The van der Waals surface area contributed by atoms with E-state index in [1.165, 1.54) is 12.8 Å². The number of nitrogens with two attached hydrogens (primary N) is 1. The summed E-state index contributed by atoms with van der Waals surface area (Å²) in [7, 11) is 0. The third kappa shape index (κ3) is 2.66. The van der Waals surface area contributed by atoms with Crippen LogP contribution in [0.4, 0.5) is 5.69 Å². The minimum atomic E-state index is 0.0283.